The first-order valence-electron chi connectivity index (χ1n) is 9.26. The minimum absolute atomic E-state index is 0.293. The van der Waals surface area contributed by atoms with Gasteiger partial charge in [0.2, 0.25) is 0 Å². The molecule has 1 unspecified atom stereocenters. The number of nitrogens with zero attached hydrogens (tertiary/aromatic N) is 1. The van der Waals surface area contributed by atoms with Crippen molar-refractivity contribution in [3.05, 3.63) is 83.3 Å². The van der Waals surface area contributed by atoms with E-state index < -0.39 is 0 Å². The number of nitriles is 1. The van der Waals surface area contributed by atoms with Gasteiger partial charge in [-0.25, -0.2) is 0 Å². The molecule has 26 heavy (non-hydrogen) atoms. The smallest absolute Gasteiger partial charge is 0.0991 e. The zero-order valence-electron chi connectivity index (χ0n) is 16.8. The van der Waals surface area contributed by atoms with E-state index in [9.17, 15) is 0 Å². The lowest BCUT2D eigenvalue weighted by Crippen LogP contribution is -2.17. The van der Waals surface area contributed by atoms with Gasteiger partial charge in [0.1, 0.15) is 0 Å². The van der Waals surface area contributed by atoms with Crippen LogP contribution in [0.2, 0.25) is 0 Å². The van der Waals surface area contributed by atoms with Crippen LogP contribution in [0.25, 0.3) is 0 Å². The topological polar surface area (TPSA) is 23.8 Å². The maximum atomic E-state index is 8.95. The monoisotopic (exact) mass is 367 g/mol. The van der Waals surface area contributed by atoms with Crippen LogP contribution in [-0.4, -0.2) is 0 Å². The van der Waals surface area contributed by atoms with Crippen molar-refractivity contribution in [1.29, 1.82) is 5.26 Å². The minimum atomic E-state index is 0.293. The Balaban J connectivity index is 0.000000667. The molecule has 0 aromatic heterocycles. The SMILES string of the molecule is C=C/C=C\C=C.CC.CC/C(=C\S)CC1(C)Cc2ccc(C#N)cc2C1. The van der Waals surface area contributed by atoms with Gasteiger partial charge in [-0.3, -0.25) is 0 Å². The van der Waals surface area contributed by atoms with E-state index in [2.05, 4.69) is 57.8 Å². The second-order valence-electron chi connectivity index (χ2n) is 6.43. The Kier molecular flexibility index (Phi) is 12.2. The van der Waals surface area contributed by atoms with Crippen molar-refractivity contribution in [3.63, 3.8) is 0 Å². The number of fused-ring (bicyclic) bond motifs is 1. The Hall–Kier alpha value is -1.98. The summed E-state index contributed by atoms with van der Waals surface area (Å²) in [4.78, 5) is 0. The molecule has 1 aliphatic carbocycles. The number of benzene rings is 1. The van der Waals surface area contributed by atoms with Crippen molar-refractivity contribution in [1.82, 2.24) is 0 Å². The Bertz CT molecular complexity index is 666. The lowest BCUT2D eigenvalue weighted by Gasteiger charge is -2.24. The molecule has 0 N–H and O–H groups in total. The van der Waals surface area contributed by atoms with E-state index >= 15 is 0 Å². The number of hydrogen-bond acceptors (Lipinski definition) is 2. The van der Waals surface area contributed by atoms with Gasteiger partial charge in [0.15, 0.2) is 0 Å². The summed E-state index contributed by atoms with van der Waals surface area (Å²) in [6.07, 6.45) is 11.4. The third-order valence-electron chi connectivity index (χ3n) is 4.24. The molecule has 140 valence electrons. The summed E-state index contributed by atoms with van der Waals surface area (Å²) in [7, 11) is 0. The fraction of sp³-hybridized carbons (Fsp3) is 0.375. The van der Waals surface area contributed by atoms with Gasteiger partial charge in [0, 0.05) is 0 Å². The zero-order valence-corrected chi connectivity index (χ0v) is 17.7. The van der Waals surface area contributed by atoms with Crippen LogP contribution in [0.4, 0.5) is 0 Å². The van der Waals surface area contributed by atoms with Crippen LogP contribution in [0, 0.1) is 16.7 Å². The Morgan fingerprint density at radius 1 is 1.19 bits per heavy atom. The molecule has 1 aromatic rings. The first-order valence-corrected chi connectivity index (χ1v) is 9.77. The average Bonchev–Trinajstić information content (AvgIpc) is 3.01. The van der Waals surface area contributed by atoms with E-state index in [1.54, 1.807) is 12.2 Å². The van der Waals surface area contributed by atoms with Gasteiger partial charge < -0.3 is 0 Å². The van der Waals surface area contributed by atoms with Crippen molar-refractivity contribution in [3.8, 4) is 6.07 Å². The second kappa shape index (κ2) is 13.3. The van der Waals surface area contributed by atoms with E-state index in [0.717, 1.165) is 31.2 Å². The first kappa shape index (κ1) is 24.0. The van der Waals surface area contributed by atoms with E-state index in [1.807, 2.05) is 37.5 Å². The average molecular weight is 368 g/mol. The predicted octanol–water partition coefficient (Wildman–Crippen LogP) is 7.22. The van der Waals surface area contributed by atoms with Gasteiger partial charge in [-0.2, -0.15) is 17.9 Å². The molecule has 0 radical (unpaired) electrons. The summed E-state index contributed by atoms with van der Waals surface area (Å²) >= 11 is 4.29. The van der Waals surface area contributed by atoms with Gasteiger partial charge in [0.05, 0.1) is 11.6 Å². The van der Waals surface area contributed by atoms with Gasteiger partial charge in [-0.15, -0.1) is 0 Å². The highest BCUT2D eigenvalue weighted by Gasteiger charge is 2.33. The fourth-order valence-corrected chi connectivity index (χ4v) is 3.38. The molecule has 1 aromatic carbocycles. The van der Waals surface area contributed by atoms with Gasteiger partial charge >= 0.3 is 0 Å². The summed E-state index contributed by atoms with van der Waals surface area (Å²) < 4.78 is 0. The highest BCUT2D eigenvalue weighted by Crippen LogP contribution is 2.42. The molecular formula is C24H33NS. The summed E-state index contributed by atoms with van der Waals surface area (Å²) in [5.74, 6) is 0. The molecule has 1 atom stereocenters. The maximum absolute atomic E-state index is 8.95. The van der Waals surface area contributed by atoms with E-state index in [-0.39, 0.29) is 0 Å². The van der Waals surface area contributed by atoms with E-state index in [0.29, 0.717) is 5.41 Å². The van der Waals surface area contributed by atoms with Crippen LogP contribution in [-0.2, 0) is 12.8 Å². The molecule has 1 aliphatic rings. The summed E-state index contributed by atoms with van der Waals surface area (Å²) in [5, 5.41) is 10.9. The van der Waals surface area contributed by atoms with Gasteiger partial charge in [-0.1, -0.05) is 76.8 Å². The van der Waals surface area contributed by atoms with Gasteiger partial charge in [0.25, 0.3) is 0 Å². The normalized spacial score (nSPS) is 17.9. The summed E-state index contributed by atoms with van der Waals surface area (Å²) in [5.41, 5.74) is 5.24. The summed E-state index contributed by atoms with van der Waals surface area (Å²) in [6.45, 7) is 15.4. The lowest BCUT2D eigenvalue weighted by molar-refractivity contribution is 0.340. The Labute approximate surface area is 166 Å². The fourth-order valence-electron chi connectivity index (χ4n) is 3.11. The Morgan fingerprint density at radius 3 is 2.23 bits per heavy atom. The highest BCUT2D eigenvalue weighted by atomic mass is 32.1. The molecule has 2 heteroatoms. The molecule has 0 aliphatic heterocycles. The van der Waals surface area contributed by atoms with Crippen LogP contribution in [0.15, 0.2) is 66.6 Å². The molecule has 0 fully saturated rings. The first-order chi connectivity index (χ1) is 12.5. The third-order valence-corrected chi connectivity index (χ3v) is 4.61. The highest BCUT2D eigenvalue weighted by molar-refractivity contribution is 7.83. The lowest BCUT2D eigenvalue weighted by atomic mass is 9.80. The van der Waals surface area contributed by atoms with E-state index in [4.69, 9.17) is 5.26 Å². The maximum Gasteiger partial charge on any atom is 0.0991 e. The second-order valence-corrected chi connectivity index (χ2v) is 6.69. The minimum Gasteiger partial charge on any atom is -0.192 e. The largest absolute Gasteiger partial charge is 0.192 e. The van der Waals surface area contributed by atoms with Crippen molar-refractivity contribution < 1.29 is 0 Å². The molecule has 2 rings (SSSR count). The molecular weight excluding hydrogens is 334 g/mol. The van der Waals surface area contributed by atoms with Crippen LogP contribution in [0.3, 0.4) is 0 Å². The quantitative estimate of drug-likeness (QED) is 0.431. The number of hydrogen-bond donors (Lipinski definition) is 1. The van der Waals surface area contributed by atoms with E-state index in [1.165, 1.54) is 16.7 Å². The molecule has 0 amide bonds. The number of thiol groups is 1. The molecule has 0 heterocycles. The number of allylic oxidation sites excluding steroid dienone is 5. The van der Waals surface area contributed by atoms with Crippen molar-refractivity contribution >= 4 is 12.6 Å². The van der Waals surface area contributed by atoms with Crippen LogP contribution >= 0.6 is 12.6 Å². The van der Waals surface area contributed by atoms with Gasteiger partial charge in [-0.05, 0) is 59.8 Å². The zero-order chi connectivity index (χ0) is 20.0. The van der Waals surface area contributed by atoms with Crippen LogP contribution < -0.4 is 0 Å². The molecule has 0 saturated heterocycles. The van der Waals surface area contributed by atoms with Crippen LogP contribution in [0.1, 0.15) is 57.2 Å². The van der Waals surface area contributed by atoms with Crippen molar-refractivity contribution in [2.75, 3.05) is 0 Å². The van der Waals surface area contributed by atoms with Crippen molar-refractivity contribution in [2.45, 2.75) is 53.4 Å². The number of rotatable bonds is 5. The predicted molar refractivity (Wildman–Crippen MR) is 120 cm³/mol. The standard InChI is InChI=1S/C16H19NS.C6H8.C2H6/c1-3-12(11-18)7-16(2)8-14-5-4-13(10-17)6-15(14)9-16;1-3-5-6-4-2;1-2/h4-6,11,18H,3,7-9H2,1-2H3;3-6H,1-2H2;1-2H3/b12-11+;6-5-;. The van der Waals surface area contributed by atoms with Crippen molar-refractivity contribution in [2.24, 2.45) is 5.41 Å². The molecule has 0 spiro atoms. The molecule has 0 saturated carbocycles. The molecule has 1 nitrogen and oxygen atoms in total. The molecule has 0 bridgehead atoms. The Morgan fingerprint density at radius 2 is 1.77 bits per heavy atom. The summed E-state index contributed by atoms with van der Waals surface area (Å²) in [6, 6.07) is 8.33. The third kappa shape index (κ3) is 7.93. The van der Waals surface area contributed by atoms with Crippen LogP contribution in [0.5, 0.6) is 0 Å².